The Labute approximate surface area is 153 Å². The highest BCUT2D eigenvalue weighted by molar-refractivity contribution is 6.14. The molecule has 2 aromatic carbocycles. The molecule has 0 spiro atoms. The van der Waals surface area contributed by atoms with E-state index in [0.717, 1.165) is 12.8 Å². The molecule has 0 bridgehead atoms. The molecule has 8 heteroatoms. The van der Waals surface area contributed by atoms with Crippen LogP contribution < -0.4 is 10.6 Å². The van der Waals surface area contributed by atoms with E-state index in [1.807, 2.05) is 0 Å². The number of benzene rings is 2. The van der Waals surface area contributed by atoms with Gasteiger partial charge >= 0.3 is 0 Å². The predicted molar refractivity (Wildman–Crippen MR) is 98.6 cm³/mol. The normalized spacial score (nSPS) is 13.3. The summed E-state index contributed by atoms with van der Waals surface area (Å²) in [4.78, 5) is 35.1. The molecule has 0 atom stereocenters. The van der Waals surface area contributed by atoms with E-state index in [-0.39, 0.29) is 23.3 Å². The first-order valence-corrected chi connectivity index (χ1v) is 8.41. The summed E-state index contributed by atoms with van der Waals surface area (Å²) in [7, 11) is 0. The van der Waals surface area contributed by atoms with Gasteiger partial charge in [-0.3, -0.25) is 19.7 Å². The number of rotatable bonds is 5. The van der Waals surface area contributed by atoms with Crippen LogP contribution in [-0.2, 0) is 4.79 Å². The van der Waals surface area contributed by atoms with E-state index in [0.29, 0.717) is 22.3 Å². The summed E-state index contributed by atoms with van der Waals surface area (Å²) in [5.41, 5.74) is 1.12. The summed E-state index contributed by atoms with van der Waals surface area (Å²) in [6, 6.07) is 12.5. The fraction of sp³-hybridized carbons (Fsp3) is 0.158. The molecule has 1 saturated carbocycles. The van der Waals surface area contributed by atoms with E-state index < -0.39 is 10.8 Å². The van der Waals surface area contributed by atoms with Crippen LogP contribution in [0.1, 0.15) is 23.4 Å². The smallest absolute Gasteiger partial charge is 0.293 e. The number of amides is 2. The first kappa shape index (κ1) is 16.8. The fourth-order valence-electron chi connectivity index (χ4n) is 2.75. The minimum Gasteiger partial charge on any atom is -0.449 e. The summed E-state index contributed by atoms with van der Waals surface area (Å²) in [6.07, 6.45) is 1.68. The number of nitrogens with zero attached hydrogens (tertiary/aromatic N) is 1. The lowest BCUT2D eigenvalue weighted by Gasteiger charge is -2.07. The number of hydrogen-bond acceptors (Lipinski definition) is 5. The van der Waals surface area contributed by atoms with Crippen LogP contribution in [0.4, 0.5) is 17.1 Å². The van der Waals surface area contributed by atoms with E-state index in [2.05, 4.69) is 10.6 Å². The van der Waals surface area contributed by atoms with Crippen molar-refractivity contribution in [3.05, 3.63) is 64.4 Å². The minimum absolute atomic E-state index is 0.0106. The summed E-state index contributed by atoms with van der Waals surface area (Å²) in [5, 5.41) is 16.8. The van der Waals surface area contributed by atoms with Crippen LogP contribution in [0.5, 0.6) is 0 Å². The van der Waals surface area contributed by atoms with Gasteiger partial charge in [-0.1, -0.05) is 12.1 Å². The maximum Gasteiger partial charge on any atom is 0.293 e. The number of para-hydroxylation sites is 1. The van der Waals surface area contributed by atoms with Gasteiger partial charge in [0.15, 0.2) is 0 Å². The van der Waals surface area contributed by atoms with Gasteiger partial charge in [0.2, 0.25) is 11.7 Å². The first-order valence-electron chi connectivity index (χ1n) is 8.41. The van der Waals surface area contributed by atoms with Gasteiger partial charge in [-0.05, 0) is 37.1 Å². The third-order valence-corrected chi connectivity index (χ3v) is 4.33. The molecule has 0 radical (unpaired) electrons. The van der Waals surface area contributed by atoms with Crippen molar-refractivity contribution in [2.75, 3.05) is 10.6 Å². The molecule has 8 nitrogen and oxygen atoms in total. The molecule has 1 heterocycles. The van der Waals surface area contributed by atoms with E-state index in [4.69, 9.17) is 4.42 Å². The lowest BCUT2D eigenvalue weighted by Crippen LogP contribution is -2.18. The van der Waals surface area contributed by atoms with Crippen molar-refractivity contribution < 1.29 is 18.9 Å². The Bertz CT molecular complexity index is 1050. The Kier molecular flexibility index (Phi) is 4.08. The van der Waals surface area contributed by atoms with Crippen LogP contribution in [0.3, 0.4) is 0 Å². The number of non-ortho nitro benzene ring substituents is 1. The van der Waals surface area contributed by atoms with Gasteiger partial charge in [0.25, 0.3) is 11.6 Å². The maximum atomic E-state index is 12.7. The molecule has 2 N–H and O–H groups in total. The average Bonchev–Trinajstić information content (AvgIpc) is 3.45. The fourth-order valence-corrected chi connectivity index (χ4v) is 2.75. The zero-order valence-corrected chi connectivity index (χ0v) is 14.1. The number of carbonyl (C=O) groups excluding carboxylic acids is 2. The Balaban J connectivity index is 1.64. The molecule has 27 heavy (non-hydrogen) atoms. The number of hydrogen-bond donors (Lipinski definition) is 2. The second-order valence-corrected chi connectivity index (χ2v) is 6.32. The maximum absolute atomic E-state index is 12.7. The monoisotopic (exact) mass is 365 g/mol. The van der Waals surface area contributed by atoms with Crippen molar-refractivity contribution >= 4 is 39.8 Å². The summed E-state index contributed by atoms with van der Waals surface area (Å²) in [6.45, 7) is 0. The van der Waals surface area contributed by atoms with Crippen LogP contribution >= 0.6 is 0 Å². The third-order valence-electron chi connectivity index (χ3n) is 4.33. The number of furan rings is 1. The van der Waals surface area contributed by atoms with Crippen LogP contribution in [0.2, 0.25) is 0 Å². The highest BCUT2D eigenvalue weighted by Crippen LogP contribution is 2.35. The average molecular weight is 365 g/mol. The lowest BCUT2D eigenvalue weighted by molar-refractivity contribution is -0.384. The molecule has 0 saturated heterocycles. The highest BCUT2D eigenvalue weighted by atomic mass is 16.6. The SMILES string of the molecule is O=C(Nc1ccc([N+](=O)[O-])cc1)c1oc2ccccc2c1NC(=O)C1CC1. The van der Waals surface area contributed by atoms with E-state index in [9.17, 15) is 19.7 Å². The number of fused-ring (bicyclic) bond motifs is 1. The molecule has 3 aromatic rings. The largest absolute Gasteiger partial charge is 0.449 e. The summed E-state index contributed by atoms with van der Waals surface area (Å²) < 4.78 is 5.66. The number of nitro groups is 1. The van der Waals surface area contributed by atoms with Crippen molar-refractivity contribution in [1.29, 1.82) is 0 Å². The predicted octanol–water partition coefficient (Wildman–Crippen LogP) is 3.94. The molecule has 1 aliphatic rings. The van der Waals surface area contributed by atoms with E-state index in [1.54, 1.807) is 24.3 Å². The highest BCUT2D eigenvalue weighted by Gasteiger charge is 2.32. The molecular formula is C19H15N3O5. The number of nitrogens with one attached hydrogen (secondary N) is 2. The van der Waals surface area contributed by atoms with Crippen molar-refractivity contribution in [3.63, 3.8) is 0 Å². The molecule has 1 aromatic heterocycles. The van der Waals surface area contributed by atoms with Crippen LogP contribution in [0.15, 0.2) is 52.9 Å². The third kappa shape index (κ3) is 3.37. The topological polar surface area (TPSA) is 114 Å². The van der Waals surface area contributed by atoms with Gasteiger partial charge in [0, 0.05) is 29.1 Å². The van der Waals surface area contributed by atoms with Crippen LogP contribution in [-0.4, -0.2) is 16.7 Å². The van der Waals surface area contributed by atoms with Gasteiger partial charge in [-0.15, -0.1) is 0 Å². The Morgan fingerprint density at radius 3 is 2.41 bits per heavy atom. The molecule has 0 unspecified atom stereocenters. The number of anilines is 2. The zero-order valence-electron chi connectivity index (χ0n) is 14.1. The van der Waals surface area contributed by atoms with Crippen LogP contribution in [0, 0.1) is 16.0 Å². The molecule has 1 fully saturated rings. The van der Waals surface area contributed by atoms with Gasteiger partial charge in [0.1, 0.15) is 11.3 Å². The van der Waals surface area contributed by atoms with Gasteiger partial charge < -0.3 is 15.1 Å². The van der Waals surface area contributed by atoms with E-state index in [1.165, 1.54) is 24.3 Å². The van der Waals surface area contributed by atoms with E-state index >= 15 is 0 Å². The van der Waals surface area contributed by atoms with Crippen molar-refractivity contribution in [1.82, 2.24) is 0 Å². The number of nitro benzene ring substituents is 1. The standard InChI is InChI=1S/C19H15N3O5/c23-18(11-5-6-11)21-16-14-3-1-2-4-15(14)27-17(16)19(24)20-12-7-9-13(10-8-12)22(25)26/h1-4,7-11H,5-6H2,(H,20,24)(H,21,23). The Morgan fingerprint density at radius 2 is 1.74 bits per heavy atom. The van der Waals surface area contributed by atoms with Crippen LogP contribution in [0.25, 0.3) is 11.0 Å². The van der Waals surface area contributed by atoms with Gasteiger partial charge in [-0.25, -0.2) is 0 Å². The zero-order chi connectivity index (χ0) is 19.0. The molecule has 2 amide bonds. The van der Waals surface area contributed by atoms with Crippen molar-refractivity contribution in [3.8, 4) is 0 Å². The first-order chi connectivity index (χ1) is 13.0. The molecule has 0 aliphatic heterocycles. The number of carbonyl (C=O) groups is 2. The Hall–Kier alpha value is -3.68. The lowest BCUT2D eigenvalue weighted by atomic mass is 10.2. The van der Waals surface area contributed by atoms with Gasteiger partial charge in [0.05, 0.1) is 4.92 Å². The second kappa shape index (κ2) is 6.56. The van der Waals surface area contributed by atoms with Crippen molar-refractivity contribution in [2.45, 2.75) is 12.8 Å². The van der Waals surface area contributed by atoms with Gasteiger partial charge in [-0.2, -0.15) is 0 Å². The molecule has 4 rings (SSSR count). The quantitative estimate of drug-likeness (QED) is 0.525. The molecule has 136 valence electrons. The molecular weight excluding hydrogens is 350 g/mol. The molecule has 1 aliphatic carbocycles. The second-order valence-electron chi connectivity index (χ2n) is 6.32. The summed E-state index contributed by atoms with van der Waals surface area (Å²) in [5.74, 6) is -0.718. The minimum atomic E-state index is -0.550. The van der Waals surface area contributed by atoms with Crippen molar-refractivity contribution in [2.24, 2.45) is 5.92 Å². The summed E-state index contributed by atoms with van der Waals surface area (Å²) >= 11 is 0. The Morgan fingerprint density at radius 1 is 1.04 bits per heavy atom.